The van der Waals surface area contributed by atoms with Crippen molar-refractivity contribution in [2.75, 3.05) is 11.1 Å². The van der Waals surface area contributed by atoms with E-state index in [4.69, 9.17) is 10.2 Å². The molecular formula is C13H19N3O. The summed E-state index contributed by atoms with van der Waals surface area (Å²) in [5, 5.41) is 3.27. The maximum atomic E-state index is 5.70. The highest BCUT2D eigenvalue weighted by Crippen LogP contribution is 2.25. The second-order valence-electron chi connectivity index (χ2n) is 5.48. The molecule has 3 N–H and O–H groups in total. The number of nitrogen functional groups attached to an aromatic ring is 1. The van der Waals surface area contributed by atoms with E-state index in [-0.39, 0.29) is 11.5 Å². The summed E-state index contributed by atoms with van der Waals surface area (Å²) in [6.07, 6.45) is 0. The summed E-state index contributed by atoms with van der Waals surface area (Å²) < 4.78 is 5.61. The standard InChI is InChI=1S/C13H19N3O/c1-8(13(2,3)4)15-12-16-10-6-5-9(14)7-11(10)17-12/h5-8H,14H2,1-4H3,(H,15,16). The molecule has 0 aliphatic heterocycles. The van der Waals surface area contributed by atoms with Crippen LogP contribution in [0.15, 0.2) is 22.6 Å². The van der Waals surface area contributed by atoms with Crippen LogP contribution in [0.5, 0.6) is 0 Å². The monoisotopic (exact) mass is 233 g/mol. The van der Waals surface area contributed by atoms with E-state index in [9.17, 15) is 0 Å². The molecule has 1 unspecified atom stereocenters. The molecule has 4 heteroatoms. The van der Waals surface area contributed by atoms with Crippen molar-refractivity contribution in [3.05, 3.63) is 18.2 Å². The van der Waals surface area contributed by atoms with Gasteiger partial charge in [-0.15, -0.1) is 0 Å². The minimum atomic E-state index is 0.152. The number of benzene rings is 1. The first-order valence-electron chi connectivity index (χ1n) is 5.79. The number of nitrogens with one attached hydrogen (secondary N) is 1. The van der Waals surface area contributed by atoms with E-state index < -0.39 is 0 Å². The summed E-state index contributed by atoms with van der Waals surface area (Å²) >= 11 is 0. The topological polar surface area (TPSA) is 64.1 Å². The van der Waals surface area contributed by atoms with E-state index in [2.05, 4.69) is 38.0 Å². The molecule has 92 valence electrons. The normalized spacial score (nSPS) is 13.9. The Morgan fingerprint density at radius 2 is 2.06 bits per heavy atom. The Hall–Kier alpha value is -1.71. The lowest BCUT2D eigenvalue weighted by atomic mass is 9.88. The van der Waals surface area contributed by atoms with Gasteiger partial charge in [-0.05, 0) is 24.5 Å². The van der Waals surface area contributed by atoms with Gasteiger partial charge < -0.3 is 15.5 Å². The van der Waals surface area contributed by atoms with Crippen molar-refractivity contribution in [1.29, 1.82) is 0 Å². The Kier molecular flexibility index (Phi) is 2.73. The van der Waals surface area contributed by atoms with E-state index in [1.165, 1.54) is 0 Å². The van der Waals surface area contributed by atoms with Crippen molar-refractivity contribution in [3.63, 3.8) is 0 Å². The Bertz CT molecular complexity index is 525. The Morgan fingerprint density at radius 3 is 2.71 bits per heavy atom. The fourth-order valence-electron chi connectivity index (χ4n) is 1.40. The van der Waals surface area contributed by atoms with E-state index >= 15 is 0 Å². The molecule has 2 rings (SSSR count). The average Bonchev–Trinajstić information content (AvgIpc) is 2.57. The van der Waals surface area contributed by atoms with Gasteiger partial charge in [0.05, 0.1) is 0 Å². The van der Waals surface area contributed by atoms with Gasteiger partial charge in [-0.3, -0.25) is 0 Å². The Morgan fingerprint density at radius 1 is 1.35 bits per heavy atom. The van der Waals surface area contributed by atoms with Gasteiger partial charge in [0, 0.05) is 17.8 Å². The molecule has 0 amide bonds. The molecule has 1 atom stereocenters. The number of anilines is 2. The highest BCUT2D eigenvalue weighted by molar-refractivity contribution is 5.78. The number of oxazole rings is 1. The van der Waals surface area contributed by atoms with Gasteiger partial charge in [0.25, 0.3) is 6.01 Å². The first kappa shape index (κ1) is 11.8. The minimum Gasteiger partial charge on any atom is -0.423 e. The Balaban J connectivity index is 2.25. The molecule has 17 heavy (non-hydrogen) atoms. The summed E-state index contributed by atoms with van der Waals surface area (Å²) in [5.74, 6) is 0. The molecule has 0 spiro atoms. The van der Waals surface area contributed by atoms with Crippen LogP contribution in [-0.4, -0.2) is 11.0 Å². The predicted molar refractivity (Wildman–Crippen MR) is 71.0 cm³/mol. The van der Waals surface area contributed by atoms with Gasteiger partial charge in [-0.2, -0.15) is 4.98 Å². The zero-order chi connectivity index (χ0) is 12.6. The summed E-state index contributed by atoms with van der Waals surface area (Å²) in [6, 6.07) is 6.29. The molecule has 0 aliphatic carbocycles. The van der Waals surface area contributed by atoms with Crippen LogP contribution in [0.3, 0.4) is 0 Å². The highest BCUT2D eigenvalue weighted by Gasteiger charge is 2.21. The van der Waals surface area contributed by atoms with Crippen LogP contribution in [-0.2, 0) is 0 Å². The summed E-state index contributed by atoms with van der Waals surface area (Å²) in [6.45, 7) is 8.63. The third kappa shape index (κ3) is 2.52. The molecule has 0 saturated carbocycles. The number of nitrogens with zero attached hydrogens (tertiary/aromatic N) is 1. The van der Waals surface area contributed by atoms with Crippen molar-refractivity contribution >= 4 is 22.8 Å². The first-order chi connectivity index (χ1) is 7.86. The van der Waals surface area contributed by atoms with Crippen LogP contribution < -0.4 is 11.1 Å². The Labute approximate surface area is 101 Å². The largest absolute Gasteiger partial charge is 0.423 e. The molecule has 2 aromatic rings. The highest BCUT2D eigenvalue weighted by atomic mass is 16.4. The number of fused-ring (bicyclic) bond motifs is 1. The zero-order valence-corrected chi connectivity index (χ0v) is 10.7. The van der Waals surface area contributed by atoms with Gasteiger partial charge in [0.1, 0.15) is 5.52 Å². The minimum absolute atomic E-state index is 0.152. The molecule has 0 bridgehead atoms. The van der Waals surface area contributed by atoms with Crippen LogP contribution in [0.1, 0.15) is 27.7 Å². The van der Waals surface area contributed by atoms with E-state index in [0.29, 0.717) is 17.3 Å². The van der Waals surface area contributed by atoms with Gasteiger partial charge in [0.15, 0.2) is 5.58 Å². The van der Waals surface area contributed by atoms with Crippen molar-refractivity contribution in [2.45, 2.75) is 33.7 Å². The van der Waals surface area contributed by atoms with Crippen LogP contribution in [0.4, 0.5) is 11.7 Å². The number of aromatic nitrogens is 1. The number of nitrogens with two attached hydrogens (primary N) is 1. The van der Waals surface area contributed by atoms with Crippen LogP contribution in [0.2, 0.25) is 0 Å². The van der Waals surface area contributed by atoms with Gasteiger partial charge in [0.2, 0.25) is 0 Å². The van der Waals surface area contributed by atoms with Crippen LogP contribution >= 0.6 is 0 Å². The maximum Gasteiger partial charge on any atom is 0.295 e. The maximum absolute atomic E-state index is 5.70. The number of rotatable bonds is 2. The molecule has 0 aliphatic rings. The molecule has 1 aromatic carbocycles. The third-order valence-electron chi connectivity index (χ3n) is 3.05. The molecular weight excluding hydrogens is 214 g/mol. The smallest absolute Gasteiger partial charge is 0.295 e. The predicted octanol–water partition coefficient (Wildman–Crippen LogP) is 3.26. The van der Waals surface area contributed by atoms with Crippen LogP contribution in [0, 0.1) is 5.41 Å². The SMILES string of the molecule is CC(Nc1nc2ccc(N)cc2o1)C(C)(C)C. The van der Waals surface area contributed by atoms with E-state index in [1.807, 2.05) is 12.1 Å². The van der Waals surface area contributed by atoms with Crippen molar-refractivity contribution in [1.82, 2.24) is 4.98 Å². The second-order valence-corrected chi connectivity index (χ2v) is 5.48. The number of hydrogen-bond donors (Lipinski definition) is 2. The van der Waals surface area contributed by atoms with Crippen molar-refractivity contribution in [2.24, 2.45) is 5.41 Å². The van der Waals surface area contributed by atoms with E-state index in [0.717, 1.165) is 5.52 Å². The molecule has 1 heterocycles. The quantitative estimate of drug-likeness (QED) is 0.781. The summed E-state index contributed by atoms with van der Waals surface area (Å²) in [4.78, 5) is 4.37. The summed E-state index contributed by atoms with van der Waals surface area (Å²) in [7, 11) is 0. The van der Waals surface area contributed by atoms with Crippen LogP contribution in [0.25, 0.3) is 11.1 Å². The summed E-state index contributed by atoms with van der Waals surface area (Å²) in [5.41, 5.74) is 8.07. The van der Waals surface area contributed by atoms with E-state index in [1.54, 1.807) is 6.07 Å². The lowest BCUT2D eigenvalue weighted by Crippen LogP contribution is -2.30. The van der Waals surface area contributed by atoms with Crippen molar-refractivity contribution < 1.29 is 4.42 Å². The van der Waals surface area contributed by atoms with Gasteiger partial charge >= 0.3 is 0 Å². The molecule has 0 saturated heterocycles. The fraction of sp³-hybridized carbons (Fsp3) is 0.462. The molecule has 1 aromatic heterocycles. The number of hydrogen-bond acceptors (Lipinski definition) is 4. The lowest BCUT2D eigenvalue weighted by molar-refractivity contribution is 0.353. The average molecular weight is 233 g/mol. The van der Waals surface area contributed by atoms with Crippen molar-refractivity contribution in [3.8, 4) is 0 Å². The fourth-order valence-corrected chi connectivity index (χ4v) is 1.40. The first-order valence-corrected chi connectivity index (χ1v) is 5.79. The van der Waals surface area contributed by atoms with Gasteiger partial charge in [-0.1, -0.05) is 20.8 Å². The third-order valence-corrected chi connectivity index (χ3v) is 3.05. The molecule has 0 fully saturated rings. The molecule has 0 radical (unpaired) electrons. The second kappa shape index (κ2) is 3.95. The lowest BCUT2D eigenvalue weighted by Gasteiger charge is -2.27. The van der Waals surface area contributed by atoms with Gasteiger partial charge in [-0.25, -0.2) is 0 Å². The molecule has 4 nitrogen and oxygen atoms in total. The zero-order valence-electron chi connectivity index (χ0n) is 10.7.